The Morgan fingerprint density at radius 2 is 2.48 bits per heavy atom. The summed E-state index contributed by atoms with van der Waals surface area (Å²) in [7, 11) is 1.66. The molecule has 0 bridgehead atoms. The minimum Gasteiger partial charge on any atom is -0.383 e. The van der Waals surface area contributed by atoms with Gasteiger partial charge in [0.1, 0.15) is 11.9 Å². The average molecular weight is 296 g/mol. The van der Waals surface area contributed by atoms with Gasteiger partial charge in [-0.2, -0.15) is 0 Å². The molecule has 0 aromatic carbocycles. The molecule has 0 saturated carbocycles. The van der Waals surface area contributed by atoms with Crippen LogP contribution >= 0.6 is 0 Å². The first kappa shape index (κ1) is 16.1. The van der Waals surface area contributed by atoms with Crippen molar-refractivity contribution in [3.8, 4) is 0 Å². The topological polar surface area (TPSA) is 79.5 Å². The third-order valence-electron chi connectivity index (χ3n) is 3.50. The molecule has 1 aromatic rings. The lowest BCUT2D eigenvalue weighted by atomic mass is 10.2. The Labute approximate surface area is 124 Å². The second-order valence-corrected chi connectivity index (χ2v) is 5.04. The zero-order valence-electron chi connectivity index (χ0n) is 12.7. The van der Waals surface area contributed by atoms with Crippen LogP contribution in [0.2, 0.25) is 0 Å². The van der Waals surface area contributed by atoms with E-state index in [0.29, 0.717) is 25.6 Å². The minimum atomic E-state index is -0.162. The quantitative estimate of drug-likeness (QED) is 0.684. The van der Waals surface area contributed by atoms with Crippen LogP contribution in [-0.4, -0.2) is 61.4 Å². The molecule has 1 aromatic heterocycles. The highest BCUT2D eigenvalue weighted by molar-refractivity contribution is 5.05. The number of likely N-dealkylation sites (N-methyl/N-ethyl adjacent to an activating group) is 1. The molecule has 7 heteroatoms. The summed E-state index contributed by atoms with van der Waals surface area (Å²) in [6, 6.07) is 1.52. The Balaban J connectivity index is 2.02. The van der Waals surface area contributed by atoms with E-state index in [-0.39, 0.29) is 11.7 Å². The monoisotopic (exact) mass is 296 g/mol. The highest BCUT2D eigenvalue weighted by Crippen LogP contribution is 2.18. The van der Waals surface area contributed by atoms with E-state index in [1.165, 1.54) is 6.07 Å². The van der Waals surface area contributed by atoms with E-state index in [1.807, 2.05) is 0 Å². The Morgan fingerprint density at radius 1 is 1.62 bits per heavy atom. The molecule has 2 rings (SSSR count). The van der Waals surface area contributed by atoms with Crippen molar-refractivity contribution >= 4 is 0 Å². The molecule has 1 aliphatic rings. The second kappa shape index (κ2) is 8.23. The van der Waals surface area contributed by atoms with Gasteiger partial charge in [0, 0.05) is 39.4 Å². The maximum absolute atomic E-state index is 11.8. The van der Waals surface area contributed by atoms with Crippen molar-refractivity contribution in [2.75, 3.05) is 46.5 Å². The molecule has 0 spiro atoms. The lowest BCUT2D eigenvalue weighted by Gasteiger charge is -2.31. The van der Waals surface area contributed by atoms with Gasteiger partial charge in [-0.25, -0.2) is 4.98 Å². The summed E-state index contributed by atoms with van der Waals surface area (Å²) in [6.45, 7) is 7.35. The third-order valence-corrected chi connectivity index (χ3v) is 3.50. The van der Waals surface area contributed by atoms with Crippen LogP contribution < -0.4 is 10.9 Å². The van der Waals surface area contributed by atoms with Crippen LogP contribution in [0.15, 0.2) is 10.9 Å². The molecule has 2 heterocycles. The van der Waals surface area contributed by atoms with Crippen LogP contribution in [0.1, 0.15) is 24.5 Å². The number of aromatic amines is 1. The average Bonchev–Trinajstić information content (AvgIpc) is 2.51. The number of rotatable bonds is 7. The molecule has 0 aliphatic carbocycles. The molecule has 118 valence electrons. The van der Waals surface area contributed by atoms with Crippen molar-refractivity contribution in [2.24, 2.45) is 0 Å². The maximum atomic E-state index is 11.8. The molecule has 21 heavy (non-hydrogen) atoms. The van der Waals surface area contributed by atoms with E-state index >= 15 is 0 Å². The Hall–Kier alpha value is -1.28. The third kappa shape index (κ3) is 4.89. The zero-order valence-corrected chi connectivity index (χ0v) is 12.7. The van der Waals surface area contributed by atoms with Crippen LogP contribution in [0.25, 0.3) is 0 Å². The molecular formula is C14H24N4O3. The normalized spacial score (nSPS) is 19.8. The highest BCUT2D eigenvalue weighted by atomic mass is 16.5. The van der Waals surface area contributed by atoms with Gasteiger partial charge in [-0.3, -0.25) is 9.69 Å². The van der Waals surface area contributed by atoms with Gasteiger partial charge in [0.2, 0.25) is 0 Å². The summed E-state index contributed by atoms with van der Waals surface area (Å²) in [6.07, 6.45) is -0.162. The number of nitrogens with one attached hydrogen (secondary N) is 2. The number of H-pyrrole nitrogens is 1. The molecule has 0 radical (unpaired) electrons. The van der Waals surface area contributed by atoms with Gasteiger partial charge in [-0.1, -0.05) is 6.92 Å². The van der Waals surface area contributed by atoms with Crippen molar-refractivity contribution in [2.45, 2.75) is 19.6 Å². The number of hydrogen-bond donors (Lipinski definition) is 2. The van der Waals surface area contributed by atoms with Crippen molar-refractivity contribution in [1.29, 1.82) is 0 Å². The van der Waals surface area contributed by atoms with Gasteiger partial charge in [0.25, 0.3) is 5.56 Å². The number of ether oxygens (including phenoxy) is 2. The molecule has 1 atom stereocenters. The number of hydrogen-bond acceptors (Lipinski definition) is 6. The molecule has 7 nitrogen and oxygen atoms in total. The first-order chi connectivity index (χ1) is 10.2. The Bertz CT molecular complexity index is 491. The fraction of sp³-hybridized carbons (Fsp3) is 0.714. The van der Waals surface area contributed by atoms with Gasteiger partial charge < -0.3 is 19.8 Å². The summed E-state index contributed by atoms with van der Waals surface area (Å²) in [5, 5.41) is 3.19. The van der Waals surface area contributed by atoms with Crippen molar-refractivity contribution in [1.82, 2.24) is 20.2 Å². The number of nitrogens with zero attached hydrogens (tertiary/aromatic N) is 2. The fourth-order valence-corrected chi connectivity index (χ4v) is 2.32. The zero-order chi connectivity index (χ0) is 15.1. The molecular weight excluding hydrogens is 272 g/mol. The highest BCUT2D eigenvalue weighted by Gasteiger charge is 2.23. The predicted octanol–water partition coefficient (Wildman–Crippen LogP) is -0.101. The van der Waals surface area contributed by atoms with Crippen molar-refractivity contribution < 1.29 is 9.47 Å². The predicted molar refractivity (Wildman–Crippen MR) is 79.2 cm³/mol. The van der Waals surface area contributed by atoms with Gasteiger partial charge in [0.05, 0.1) is 18.9 Å². The molecule has 0 amide bonds. The first-order valence-electron chi connectivity index (χ1n) is 7.36. The van der Waals surface area contributed by atoms with Gasteiger partial charge >= 0.3 is 0 Å². The molecule has 1 saturated heterocycles. The van der Waals surface area contributed by atoms with E-state index in [0.717, 1.165) is 31.9 Å². The van der Waals surface area contributed by atoms with E-state index in [1.54, 1.807) is 7.11 Å². The Kier molecular flexibility index (Phi) is 6.31. The van der Waals surface area contributed by atoms with Crippen LogP contribution in [-0.2, 0) is 16.0 Å². The Morgan fingerprint density at radius 3 is 3.24 bits per heavy atom. The largest absolute Gasteiger partial charge is 0.383 e. The molecule has 1 fully saturated rings. The smallest absolute Gasteiger partial charge is 0.251 e. The van der Waals surface area contributed by atoms with E-state index in [4.69, 9.17) is 9.47 Å². The van der Waals surface area contributed by atoms with E-state index < -0.39 is 0 Å². The van der Waals surface area contributed by atoms with E-state index in [2.05, 4.69) is 27.1 Å². The lowest BCUT2D eigenvalue weighted by Crippen LogP contribution is -2.39. The van der Waals surface area contributed by atoms with Gasteiger partial charge in [-0.15, -0.1) is 0 Å². The summed E-state index contributed by atoms with van der Waals surface area (Å²) >= 11 is 0. The number of aromatic nitrogens is 2. The summed E-state index contributed by atoms with van der Waals surface area (Å²) < 4.78 is 10.7. The first-order valence-corrected chi connectivity index (χ1v) is 7.36. The molecule has 2 N–H and O–H groups in total. The standard InChI is InChI=1S/C14H24N4O3/c1-3-18-5-7-21-12(10-18)14-16-11(8-13(19)17-14)9-15-4-6-20-2/h8,12,15H,3-7,9-10H2,1-2H3,(H,16,17,19). The van der Waals surface area contributed by atoms with Crippen LogP contribution in [0.5, 0.6) is 0 Å². The van der Waals surface area contributed by atoms with Gasteiger partial charge in [-0.05, 0) is 6.54 Å². The van der Waals surface area contributed by atoms with Gasteiger partial charge in [0.15, 0.2) is 0 Å². The SMILES string of the molecule is CCN1CCOC(c2nc(CNCCOC)cc(=O)[nH]2)C1. The van der Waals surface area contributed by atoms with Crippen LogP contribution in [0, 0.1) is 0 Å². The number of morpholine rings is 1. The second-order valence-electron chi connectivity index (χ2n) is 5.04. The van der Waals surface area contributed by atoms with Crippen molar-refractivity contribution in [3.63, 3.8) is 0 Å². The lowest BCUT2D eigenvalue weighted by molar-refractivity contribution is -0.0327. The number of methoxy groups -OCH3 is 1. The summed E-state index contributed by atoms with van der Waals surface area (Å²) in [5.41, 5.74) is 0.586. The summed E-state index contributed by atoms with van der Waals surface area (Å²) in [4.78, 5) is 21.4. The van der Waals surface area contributed by atoms with Crippen LogP contribution in [0.4, 0.5) is 0 Å². The minimum absolute atomic E-state index is 0.138. The maximum Gasteiger partial charge on any atom is 0.251 e. The fourth-order valence-electron chi connectivity index (χ4n) is 2.32. The molecule has 1 aliphatic heterocycles. The summed E-state index contributed by atoms with van der Waals surface area (Å²) in [5.74, 6) is 0.615. The van der Waals surface area contributed by atoms with Crippen LogP contribution in [0.3, 0.4) is 0 Å². The molecule has 1 unspecified atom stereocenters. The van der Waals surface area contributed by atoms with Crippen molar-refractivity contribution in [3.05, 3.63) is 27.9 Å². The van der Waals surface area contributed by atoms with E-state index in [9.17, 15) is 4.79 Å².